The van der Waals surface area contributed by atoms with E-state index in [1.165, 1.54) is 32.2 Å². The van der Waals surface area contributed by atoms with Gasteiger partial charge in [-0.15, -0.1) is 0 Å². The maximum atomic E-state index is 12.7. The normalized spacial score (nSPS) is 17.7. The van der Waals surface area contributed by atoms with E-state index >= 15 is 0 Å². The molecule has 1 aromatic rings. The van der Waals surface area contributed by atoms with Gasteiger partial charge >= 0.3 is 11.9 Å². The van der Waals surface area contributed by atoms with Crippen LogP contribution >= 0.6 is 11.6 Å². The van der Waals surface area contributed by atoms with Gasteiger partial charge in [0.25, 0.3) is 11.8 Å². The van der Waals surface area contributed by atoms with Crippen LogP contribution in [0.25, 0.3) is 0 Å². The molecule has 0 fully saturated rings. The van der Waals surface area contributed by atoms with Gasteiger partial charge in [0.05, 0.1) is 23.4 Å². The summed E-state index contributed by atoms with van der Waals surface area (Å²) in [6.45, 7) is 1.37. The molecule has 1 aliphatic heterocycles. The number of hydrogen-bond acceptors (Lipinski definition) is 6. The van der Waals surface area contributed by atoms with E-state index in [0.717, 1.165) is 17.7 Å². The molecule has 2 aliphatic rings. The molecular weight excluding hydrogens is 374 g/mol. The number of rotatable bonds is 4. The van der Waals surface area contributed by atoms with E-state index in [9.17, 15) is 19.2 Å². The predicted molar refractivity (Wildman–Crippen MR) is 96.3 cm³/mol. The molecular formula is C19H18ClNO6. The molecule has 2 amide bonds. The van der Waals surface area contributed by atoms with Gasteiger partial charge in [0, 0.05) is 11.1 Å². The minimum Gasteiger partial charge on any atom is -0.466 e. The van der Waals surface area contributed by atoms with E-state index in [1.54, 1.807) is 0 Å². The molecule has 142 valence electrons. The third-order valence-corrected chi connectivity index (χ3v) is 4.96. The average molecular weight is 392 g/mol. The molecule has 0 N–H and O–H groups in total. The molecule has 0 saturated carbocycles. The summed E-state index contributed by atoms with van der Waals surface area (Å²) in [5, 5.41) is 0.0811. The summed E-state index contributed by atoms with van der Waals surface area (Å²) in [5.41, 5.74) is 1.28. The standard InChI is InChI=1S/C19H18ClNO6/c1-10(18(24)26-2)27-19(25)14-9-11(7-8-15(14)20)21-16(22)12-5-3-4-6-13(12)17(21)23/h7-10H,3-6H2,1-2H3. The lowest BCUT2D eigenvalue weighted by atomic mass is 9.93. The van der Waals surface area contributed by atoms with Crippen molar-refractivity contribution in [3.8, 4) is 0 Å². The molecule has 1 heterocycles. The summed E-state index contributed by atoms with van der Waals surface area (Å²) < 4.78 is 9.55. The Morgan fingerprint density at radius 3 is 2.26 bits per heavy atom. The number of carbonyl (C=O) groups is 4. The summed E-state index contributed by atoms with van der Waals surface area (Å²) in [7, 11) is 1.18. The summed E-state index contributed by atoms with van der Waals surface area (Å²) in [6, 6.07) is 4.23. The zero-order valence-corrected chi connectivity index (χ0v) is 15.7. The third-order valence-electron chi connectivity index (χ3n) is 4.64. The van der Waals surface area contributed by atoms with Gasteiger partial charge in [-0.2, -0.15) is 0 Å². The van der Waals surface area contributed by atoms with E-state index in [0.29, 0.717) is 24.0 Å². The van der Waals surface area contributed by atoms with Crippen LogP contribution in [0.5, 0.6) is 0 Å². The first kappa shape index (κ1) is 19.1. The molecule has 7 nitrogen and oxygen atoms in total. The van der Waals surface area contributed by atoms with E-state index in [2.05, 4.69) is 4.74 Å². The summed E-state index contributed by atoms with van der Waals surface area (Å²) >= 11 is 6.07. The predicted octanol–water partition coefficient (Wildman–Crippen LogP) is 2.80. The maximum Gasteiger partial charge on any atom is 0.346 e. The first-order valence-electron chi connectivity index (χ1n) is 8.54. The van der Waals surface area contributed by atoms with Crippen LogP contribution in [0.15, 0.2) is 29.3 Å². The highest BCUT2D eigenvalue weighted by atomic mass is 35.5. The minimum atomic E-state index is -1.12. The van der Waals surface area contributed by atoms with Gasteiger partial charge in [0.2, 0.25) is 0 Å². The zero-order chi connectivity index (χ0) is 19.7. The number of anilines is 1. The second-order valence-corrected chi connectivity index (χ2v) is 6.75. The smallest absolute Gasteiger partial charge is 0.346 e. The topological polar surface area (TPSA) is 90.0 Å². The van der Waals surface area contributed by atoms with Gasteiger partial charge in [0.15, 0.2) is 6.10 Å². The number of carbonyl (C=O) groups excluding carboxylic acids is 4. The molecule has 27 heavy (non-hydrogen) atoms. The van der Waals surface area contributed by atoms with E-state index in [1.807, 2.05) is 0 Å². The molecule has 0 aromatic heterocycles. The molecule has 1 aromatic carbocycles. The second kappa shape index (κ2) is 7.52. The van der Waals surface area contributed by atoms with Crippen LogP contribution in [0.1, 0.15) is 43.0 Å². The Morgan fingerprint density at radius 2 is 1.70 bits per heavy atom. The largest absolute Gasteiger partial charge is 0.466 e. The van der Waals surface area contributed by atoms with Crippen molar-refractivity contribution in [1.82, 2.24) is 0 Å². The number of nitrogens with zero attached hydrogens (tertiary/aromatic N) is 1. The zero-order valence-electron chi connectivity index (χ0n) is 14.9. The number of benzene rings is 1. The van der Waals surface area contributed by atoms with Crippen LogP contribution in [0, 0.1) is 0 Å². The van der Waals surface area contributed by atoms with Gasteiger partial charge in [-0.05, 0) is 50.8 Å². The summed E-state index contributed by atoms with van der Waals surface area (Å²) in [6.07, 6.45) is 1.78. The van der Waals surface area contributed by atoms with E-state index in [4.69, 9.17) is 16.3 Å². The Morgan fingerprint density at radius 1 is 1.11 bits per heavy atom. The van der Waals surface area contributed by atoms with Crippen molar-refractivity contribution in [3.63, 3.8) is 0 Å². The van der Waals surface area contributed by atoms with Crippen LogP contribution in [-0.2, 0) is 23.9 Å². The molecule has 0 spiro atoms. The highest BCUT2D eigenvalue weighted by Crippen LogP contribution is 2.36. The van der Waals surface area contributed by atoms with E-state index in [-0.39, 0.29) is 28.1 Å². The fraction of sp³-hybridized carbons (Fsp3) is 0.368. The first-order valence-corrected chi connectivity index (χ1v) is 8.92. The fourth-order valence-electron chi connectivity index (χ4n) is 3.22. The SMILES string of the molecule is COC(=O)C(C)OC(=O)c1cc(N2C(=O)C3=C(CCCC3)C2=O)ccc1Cl. The van der Waals surface area contributed by atoms with Crippen LogP contribution in [0.3, 0.4) is 0 Å². The molecule has 1 unspecified atom stereocenters. The van der Waals surface area contributed by atoms with Crippen molar-refractivity contribution < 1.29 is 28.7 Å². The lowest BCUT2D eigenvalue weighted by Crippen LogP contribution is -2.32. The van der Waals surface area contributed by atoms with Crippen LogP contribution in [0.2, 0.25) is 5.02 Å². The molecule has 8 heteroatoms. The number of amides is 2. The number of methoxy groups -OCH3 is 1. The number of hydrogen-bond donors (Lipinski definition) is 0. The van der Waals surface area contributed by atoms with Crippen molar-refractivity contribution in [2.75, 3.05) is 12.0 Å². The average Bonchev–Trinajstić information content (AvgIpc) is 2.92. The first-order chi connectivity index (χ1) is 12.8. The summed E-state index contributed by atoms with van der Waals surface area (Å²) in [4.78, 5) is 50.2. The Hall–Kier alpha value is -2.67. The molecule has 0 radical (unpaired) electrons. The van der Waals surface area contributed by atoms with Crippen molar-refractivity contribution in [2.24, 2.45) is 0 Å². The van der Waals surface area contributed by atoms with Gasteiger partial charge in [-0.1, -0.05) is 11.6 Å². The molecule has 3 rings (SSSR count). The van der Waals surface area contributed by atoms with E-state index < -0.39 is 18.0 Å². The van der Waals surface area contributed by atoms with Crippen LogP contribution in [0.4, 0.5) is 5.69 Å². The Labute approximate surface area is 160 Å². The van der Waals surface area contributed by atoms with Gasteiger partial charge in [-0.3, -0.25) is 9.59 Å². The lowest BCUT2D eigenvalue weighted by molar-refractivity contribution is -0.149. The Balaban J connectivity index is 1.88. The molecule has 0 bridgehead atoms. The maximum absolute atomic E-state index is 12.7. The molecule has 1 aliphatic carbocycles. The van der Waals surface area contributed by atoms with Gasteiger partial charge < -0.3 is 9.47 Å². The quantitative estimate of drug-likeness (QED) is 0.579. The van der Waals surface area contributed by atoms with Crippen molar-refractivity contribution in [2.45, 2.75) is 38.7 Å². The van der Waals surface area contributed by atoms with Crippen molar-refractivity contribution in [3.05, 3.63) is 39.9 Å². The van der Waals surface area contributed by atoms with Gasteiger partial charge in [0.1, 0.15) is 0 Å². The minimum absolute atomic E-state index is 0.0459. The monoisotopic (exact) mass is 391 g/mol. The van der Waals surface area contributed by atoms with Crippen molar-refractivity contribution in [1.29, 1.82) is 0 Å². The van der Waals surface area contributed by atoms with Gasteiger partial charge in [-0.25, -0.2) is 14.5 Å². The number of esters is 2. The molecule has 0 saturated heterocycles. The van der Waals surface area contributed by atoms with Crippen molar-refractivity contribution >= 4 is 41.0 Å². The number of ether oxygens (including phenoxy) is 2. The number of halogens is 1. The Kier molecular flexibility index (Phi) is 5.32. The highest BCUT2D eigenvalue weighted by Gasteiger charge is 2.40. The third kappa shape index (κ3) is 3.47. The highest BCUT2D eigenvalue weighted by molar-refractivity contribution is 6.35. The summed E-state index contributed by atoms with van der Waals surface area (Å²) in [5.74, 6) is -2.28. The molecule has 1 atom stereocenters. The van der Waals surface area contributed by atoms with Crippen LogP contribution < -0.4 is 4.90 Å². The second-order valence-electron chi connectivity index (χ2n) is 6.34. The fourth-order valence-corrected chi connectivity index (χ4v) is 3.42. The Bertz CT molecular complexity index is 847. The van der Waals surface area contributed by atoms with Crippen LogP contribution in [-0.4, -0.2) is 37.0 Å². The lowest BCUT2D eigenvalue weighted by Gasteiger charge is -2.17. The number of imide groups is 1.